The molecule has 3 rings (SSSR count). The minimum absolute atomic E-state index is 0.0945. The highest BCUT2D eigenvalue weighted by Crippen LogP contribution is 2.23. The number of nitrogens with one attached hydrogen (secondary N) is 2. The molecule has 2 atom stereocenters. The average Bonchev–Trinajstić information content (AvgIpc) is 3.40. The van der Waals surface area contributed by atoms with E-state index in [1.54, 1.807) is 13.0 Å². The molecular formula is C23H24ClN5O7. The zero-order valence-corrected chi connectivity index (χ0v) is 20.0. The van der Waals surface area contributed by atoms with Crippen molar-refractivity contribution >= 4 is 29.6 Å². The van der Waals surface area contributed by atoms with Crippen LogP contribution in [0.4, 0.5) is 4.79 Å². The Balaban J connectivity index is 1.65. The van der Waals surface area contributed by atoms with Crippen molar-refractivity contribution in [2.45, 2.75) is 31.9 Å². The van der Waals surface area contributed by atoms with Gasteiger partial charge in [0.25, 0.3) is 11.7 Å². The zero-order chi connectivity index (χ0) is 25.9. The molecule has 2 unspecified atom stereocenters. The molecule has 0 aliphatic heterocycles. The molecule has 3 aromatic rings. The van der Waals surface area contributed by atoms with Gasteiger partial charge in [-0.2, -0.15) is 5.21 Å². The number of aliphatic hydroxyl groups excluding tert-OH is 1. The lowest BCUT2D eigenvalue weighted by Gasteiger charge is -2.21. The third-order valence-corrected chi connectivity index (χ3v) is 5.13. The van der Waals surface area contributed by atoms with Crippen molar-refractivity contribution in [2.75, 3.05) is 13.4 Å². The first kappa shape index (κ1) is 26.6. The minimum Gasteiger partial charge on any atom is -0.435 e. The molecule has 0 aliphatic rings. The van der Waals surface area contributed by atoms with Gasteiger partial charge >= 0.3 is 12.1 Å². The van der Waals surface area contributed by atoms with Gasteiger partial charge in [0, 0.05) is 17.5 Å². The first-order valence-corrected chi connectivity index (χ1v) is 11.3. The second kappa shape index (κ2) is 13.2. The number of tetrazole rings is 1. The van der Waals surface area contributed by atoms with Crippen LogP contribution in [0.2, 0.25) is 5.02 Å². The van der Waals surface area contributed by atoms with Gasteiger partial charge in [0.1, 0.15) is 0 Å². The molecule has 13 heteroatoms. The molecule has 0 aliphatic carbocycles. The van der Waals surface area contributed by atoms with E-state index in [2.05, 4.69) is 35.4 Å². The van der Waals surface area contributed by atoms with Crippen LogP contribution in [0.5, 0.6) is 0 Å². The Morgan fingerprint density at radius 2 is 1.86 bits per heavy atom. The van der Waals surface area contributed by atoms with Gasteiger partial charge in [0.2, 0.25) is 6.79 Å². The third kappa shape index (κ3) is 8.03. The Morgan fingerprint density at radius 3 is 2.53 bits per heavy atom. The number of aliphatic hydroxyl groups is 1. The van der Waals surface area contributed by atoms with Gasteiger partial charge in [-0.3, -0.25) is 4.79 Å². The summed E-state index contributed by atoms with van der Waals surface area (Å²) in [6.45, 7) is 0.960. The predicted molar refractivity (Wildman–Crippen MR) is 126 cm³/mol. The van der Waals surface area contributed by atoms with E-state index in [-0.39, 0.29) is 25.3 Å². The lowest BCUT2D eigenvalue weighted by Crippen LogP contribution is -2.41. The summed E-state index contributed by atoms with van der Waals surface area (Å²) in [6, 6.07) is 14.2. The normalized spacial score (nSPS) is 12.3. The highest BCUT2D eigenvalue weighted by atomic mass is 35.5. The highest BCUT2D eigenvalue weighted by Gasteiger charge is 2.25. The number of hydrogen-bond donors (Lipinski definition) is 3. The van der Waals surface area contributed by atoms with Crippen LogP contribution in [-0.2, 0) is 25.4 Å². The fourth-order valence-corrected chi connectivity index (χ4v) is 3.43. The van der Waals surface area contributed by atoms with Crippen molar-refractivity contribution in [1.82, 2.24) is 25.9 Å². The zero-order valence-electron chi connectivity index (χ0n) is 19.2. The SMILES string of the molecule is CCOC(=O)OCOC(=O)C(O)CC(Cc1ccc(-c2cccc(Cl)c2)cc1)NC(=O)c1nn[nH]n1. The molecule has 0 radical (unpaired) electrons. The van der Waals surface area contributed by atoms with Crippen LogP contribution in [0.1, 0.15) is 29.5 Å². The maximum atomic E-state index is 12.5. The van der Waals surface area contributed by atoms with Crippen LogP contribution in [0.15, 0.2) is 48.5 Å². The van der Waals surface area contributed by atoms with Gasteiger partial charge < -0.3 is 24.6 Å². The summed E-state index contributed by atoms with van der Waals surface area (Å²) in [5.74, 6) is -1.87. The molecule has 190 valence electrons. The Hall–Kier alpha value is -4.03. The largest absolute Gasteiger partial charge is 0.511 e. The second-order valence-corrected chi connectivity index (χ2v) is 7.91. The number of halogens is 1. The van der Waals surface area contributed by atoms with Crippen molar-refractivity contribution < 1.29 is 33.7 Å². The molecule has 0 bridgehead atoms. The number of nitrogens with zero attached hydrogens (tertiary/aromatic N) is 3. The average molecular weight is 518 g/mol. The maximum Gasteiger partial charge on any atom is 0.511 e. The molecule has 36 heavy (non-hydrogen) atoms. The number of ether oxygens (including phenoxy) is 3. The fraction of sp³-hybridized carbons (Fsp3) is 0.304. The van der Waals surface area contributed by atoms with E-state index >= 15 is 0 Å². The smallest absolute Gasteiger partial charge is 0.435 e. The van der Waals surface area contributed by atoms with Gasteiger partial charge in [-0.15, -0.1) is 10.2 Å². The highest BCUT2D eigenvalue weighted by molar-refractivity contribution is 6.30. The fourth-order valence-electron chi connectivity index (χ4n) is 3.24. The molecule has 1 heterocycles. The number of rotatable bonds is 11. The summed E-state index contributed by atoms with van der Waals surface area (Å²) in [7, 11) is 0. The van der Waals surface area contributed by atoms with Crippen molar-refractivity contribution in [1.29, 1.82) is 0 Å². The van der Waals surface area contributed by atoms with Crippen LogP contribution in [-0.4, -0.2) is 69.3 Å². The van der Waals surface area contributed by atoms with Gasteiger partial charge in [-0.05, 0) is 47.4 Å². The number of H-pyrrole nitrogens is 1. The number of hydrogen-bond acceptors (Lipinski definition) is 10. The summed E-state index contributed by atoms with van der Waals surface area (Å²) >= 11 is 6.07. The molecule has 0 saturated carbocycles. The van der Waals surface area contributed by atoms with Gasteiger partial charge in [0.05, 0.1) is 6.61 Å². The van der Waals surface area contributed by atoms with Crippen molar-refractivity contribution in [3.63, 3.8) is 0 Å². The summed E-state index contributed by atoms with van der Waals surface area (Å²) in [6.07, 6.45) is -2.55. The van der Waals surface area contributed by atoms with E-state index in [9.17, 15) is 19.5 Å². The van der Waals surface area contributed by atoms with Crippen molar-refractivity contribution in [3.8, 4) is 11.1 Å². The lowest BCUT2D eigenvalue weighted by atomic mass is 9.98. The number of carbonyl (C=O) groups excluding carboxylic acids is 3. The summed E-state index contributed by atoms with van der Waals surface area (Å²) < 4.78 is 13.8. The Labute approximate surface area is 210 Å². The third-order valence-electron chi connectivity index (χ3n) is 4.90. The summed E-state index contributed by atoms with van der Waals surface area (Å²) in [4.78, 5) is 35.8. The first-order chi connectivity index (χ1) is 17.4. The molecule has 3 N–H and O–H groups in total. The number of aromatic nitrogens is 4. The monoisotopic (exact) mass is 517 g/mol. The topological polar surface area (TPSA) is 166 Å². The number of aromatic amines is 1. The molecule has 12 nitrogen and oxygen atoms in total. The molecule has 0 saturated heterocycles. The van der Waals surface area contributed by atoms with Crippen molar-refractivity contribution in [2.24, 2.45) is 0 Å². The van der Waals surface area contributed by atoms with E-state index in [0.29, 0.717) is 5.02 Å². The van der Waals surface area contributed by atoms with Gasteiger partial charge in [-0.25, -0.2) is 9.59 Å². The number of amides is 1. The lowest BCUT2D eigenvalue weighted by molar-refractivity contribution is -0.163. The van der Waals surface area contributed by atoms with Crippen molar-refractivity contribution in [3.05, 3.63) is 64.9 Å². The van der Waals surface area contributed by atoms with Crippen LogP contribution < -0.4 is 5.32 Å². The van der Waals surface area contributed by atoms with Crippen LogP contribution in [0.3, 0.4) is 0 Å². The maximum absolute atomic E-state index is 12.5. The molecule has 2 aromatic carbocycles. The van der Waals surface area contributed by atoms with E-state index in [0.717, 1.165) is 16.7 Å². The van der Waals surface area contributed by atoms with Crippen LogP contribution in [0.25, 0.3) is 11.1 Å². The van der Waals surface area contributed by atoms with E-state index < -0.39 is 37.0 Å². The summed E-state index contributed by atoms with van der Waals surface area (Å²) in [5.41, 5.74) is 2.71. The van der Waals surface area contributed by atoms with E-state index in [4.69, 9.17) is 16.3 Å². The number of esters is 1. The minimum atomic E-state index is -1.61. The first-order valence-electron chi connectivity index (χ1n) is 10.9. The molecular weight excluding hydrogens is 494 g/mol. The second-order valence-electron chi connectivity index (χ2n) is 7.48. The molecule has 0 spiro atoms. The predicted octanol–water partition coefficient (Wildman–Crippen LogP) is 2.29. The molecule has 1 aromatic heterocycles. The van der Waals surface area contributed by atoms with E-state index in [1.165, 1.54) is 0 Å². The molecule has 0 fully saturated rings. The number of carbonyl (C=O) groups is 3. The number of benzene rings is 2. The van der Waals surface area contributed by atoms with Crippen LogP contribution >= 0.6 is 11.6 Å². The standard InChI is InChI=1S/C23H24ClN5O7/c1-2-34-23(33)36-13-35-22(32)19(30)12-18(25-21(31)20-26-28-29-27-20)10-14-6-8-15(9-7-14)16-4-3-5-17(24)11-16/h3-9,11,18-19,30H,2,10,12-13H2,1H3,(H,25,31)(H,26,27,28,29). The van der Waals surface area contributed by atoms with Crippen LogP contribution in [0, 0.1) is 0 Å². The summed E-state index contributed by atoms with van der Waals surface area (Å²) in [5, 5.41) is 26.4. The quantitative estimate of drug-likeness (QED) is 0.253. The van der Waals surface area contributed by atoms with E-state index in [1.807, 2.05) is 42.5 Å². The Bertz CT molecular complexity index is 1160. The Kier molecular flexibility index (Phi) is 9.72. The van der Waals surface area contributed by atoms with Gasteiger partial charge in [0.15, 0.2) is 6.10 Å². The molecule has 1 amide bonds. The van der Waals surface area contributed by atoms with Gasteiger partial charge in [-0.1, -0.05) is 48.0 Å². The Morgan fingerprint density at radius 1 is 1.08 bits per heavy atom.